The Kier molecular flexibility index (Phi) is 7.17. The molecule has 3 rings (SSSR count). The predicted molar refractivity (Wildman–Crippen MR) is 121 cm³/mol. The highest BCUT2D eigenvalue weighted by molar-refractivity contribution is 6.11. The van der Waals surface area contributed by atoms with Crippen LogP contribution < -0.4 is 21.7 Å². The first-order valence-corrected chi connectivity index (χ1v) is 9.98. The van der Waals surface area contributed by atoms with Crippen molar-refractivity contribution in [1.82, 2.24) is 5.32 Å². The quantitative estimate of drug-likeness (QED) is 0.308. The summed E-state index contributed by atoms with van der Waals surface area (Å²) in [4.78, 5) is 44.4. The molecule has 0 aliphatic carbocycles. The lowest BCUT2D eigenvalue weighted by atomic mass is 10.2. The molecule has 166 valence electrons. The van der Waals surface area contributed by atoms with Crippen molar-refractivity contribution < 1.29 is 19.1 Å². The highest BCUT2D eigenvalue weighted by atomic mass is 16.5. The number of ether oxygens (including phenoxy) is 1. The van der Waals surface area contributed by atoms with Crippen LogP contribution in [0.5, 0.6) is 0 Å². The van der Waals surface area contributed by atoms with E-state index in [9.17, 15) is 14.4 Å². The smallest absolute Gasteiger partial charge is 0.338 e. The fourth-order valence-electron chi connectivity index (χ4n) is 2.91. The van der Waals surface area contributed by atoms with Gasteiger partial charge in [0.25, 0.3) is 5.91 Å². The molecule has 0 fully saturated rings. The molecule has 32 heavy (non-hydrogen) atoms. The Morgan fingerprint density at radius 1 is 1.16 bits per heavy atom. The number of carbonyl (C=O) groups excluding carboxylic acids is 3. The second-order valence-corrected chi connectivity index (χ2v) is 6.94. The molecule has 0 saturated heterocycles. The maximum Gasteiger partial charge on any atom is 0.338 e. The molecule has 2 aromatic rings. The van der Waals surface area contributed by atoms with Crippen LogP contribution in [-0.4, -0.2) is 42.4 Å². The molecule has 5 N–H and O–H groups in total. The summed E-state index contributed by atoms with van der Waals surface area (Å²) >= 11 is 0. The molecule has 2 aromatic carbocycles. The molecule has 1 aliphatic heterocycles. The minimum absolute atomic E-state index is 0.0326. The first-order chi connectivity index (χ1) is 15.4. The molecule has 0 bridgehead atoms. The molecule has 0 saturated carbocycles. The Hall–Kier alpha value is -4.21. The normalized spacial score (nSPS) is 15.6. The number of carbonyl (C=O) groups is 3. The lowest BCUT2D eigenvalue weighted by Crippen LogP contribution is -2.32. The Balaban J connectivity index is 1.57. The minimum atomic E-state index is -0.918. The number of aryl methyl sites for hydroxylation is 1. The highest BCUT2D eigenvalue weighted by Crippen LogP contribution is 2.14. The van der Waals surface area contributed by atoms with Gasteiger partial charge in [-0.15, -0.1) is 0 Å². The summed E-state index contributed by atoms with van der Waals surface area (Å²) < 4.78 is 4.92. The van der Waals surface area contributed by atoms with Gasteiger partial charge in [-0.1, -0.05) is 18.2 Å². The van der Waals surface area contributed by atoms with E-state index in [1.807, 2.05) is 31.2 Å². The second-order valence-electron chi connectivity index (χ2n) is 6.94. The molecule has 1 unspecified atom stereocenters. The van der Waals surface area contributed by atoms with Gasteiger partial charge in [0.1, 0.15) is 6.04 Å². The summed E-state index contributed by atoms with van der Waals surface area (Å²) in [7, 11) is 0. The molecular formula is C22H24N6O4. The van der Waals surface area contributed by atoms with Gasteiger partial charge >= 0.3 is 5.97 Å². The van der Waals surface area contributed by atoms with Gasteiger partial charge < -0.3 is 21.1 Å². The standard InChI is InChI=1S/C22H24N6O4/c1-3-32-20(31)14-8-10-15(11-9-14)24-18(29)12-17-19(30)27-22(26-17)28-21(23)25-16-7-5-4-6-13(16)2/h4-11,17H,3,12H2,1-2H3,(H,24,29)(H4,23,25,26,27,28,30). The van der Waals surface area contributed by atoms with Gasteiger partial charge in [-0.3, -0.25) is 14.9 Å². The average molecular weight is 436 g/mol. The van der Waals surface area contributed by atoms with E-state index >= 15 is 0 Å². The first kappa shape index (κ1) is 22.5. The van der Waals surface area contributed by atoms with Crippen LogP contribution >= 0.6 is 0 Å². The van der Waals surface area contributed by atoms with E-state index in [0.29, 0.717) is 11.3 Å². The van der Waals surface area contributed by atoms with Gasteiger partial charge in [-0.25, -0.2) is 9.79 Å². The number of hydrogen-bond donors (Lipinski definition) is 4. The average Bonchev–Trinajstić information content (AvgIpc) is 3.08. The largest absolute Gasteiger partial charge is 0.462 e. The third-order valence-corrected chi connectivity index (χ3v) is 4.51. The number of para-hydroxylation sites is 1. The van der Waals surface area contributed by atoms with Crippen LogP contribution in [0.3, 0.4) is 0 Å². The second kappa shape index (κ2) is 10.2. The molecule has 1 atom stereocenters. The van der Waals surface area contributed by atoms with E-state index < -0.39 is 23.8 Å². The van der Waals surface area contributed by atoms with Crippen LogP contribution in [0.4, 0.5) is 11.4 Å². The Bertz CT molecular complexity index is 1080. The van der Waals surface area contributed by atoms with E-state index in [4.69, 9.17) is 10.5 Å². The zero-order chi connectivity index (χ0) is 23.1. The number of esters is 1. The van der Waals surface area contributed by atoms with Crippen molar-refractivity contribution in [1.29, 1.82) is 0 Å². The van der Waals surface area contributed by atoms with E-state index in [0.717, 1.165) is 11.3 Å². The molecule has 0 aromatic heterocycles. The third-order valence-electron chi connectivity index (χ3n) is 4.51. The lowest BCUT2D eigenvalue weighted by Gasteiger charge is -2.08. The number of guanidine groups is 2. The maximum atomic E-state index is 12.3. The number of hydrogen-bond acceptors (Lipinski definition) is 6. The van der Waals surface area contributed by atoms with Crippen molar-refractivity contribution in [2.75, 3.05) is 17.2 Å². The summed E-state index contributed by atoms with van der Waals surface area (Å²) in [6.45, 7) is 3.92. The van der Waals surface area contributed by atoms with Crippen LogP contribution in [0.2, 0.25) is 0 Å². The van der Waals surface area contributed by atoms with Crippen LogP contribution in [0.1, 0.15) is 29.3 Å². The first-order valence-electron chi connectivity index (χ1n) is 9.98. The lowest BCUT2D eigenvalue weighted by molar-refractivity contribution is -0.123. The number of amides is 2. The summed E-state index contributed by atoms with van der Waals surface area (Å²) in [5.41, 5.74) is 8.52. The predicted octanol–water partition coefficient (Wildman–Crippen LogP) is 1.78. The number of nitrogens with zero attached hydrogens (tertiary/aromatic N) is 2. The number of nitrogens with one attached hydrogen (secondary N) is 3. The molecule has 0 radical (unpaired) electrons. The number of anilines is 2. The van der Waals surface area contributed by atoms with E-state index in [1.165, 1.54) is 0 Å². The van der Waals surface area contributed by atoms with Crippen LogP contribution in [0.25, 0.3) is 0 Å². The Labute approximate surface area is 185 Å². The number of aliphatic imine (C=N–C) groups is 2. The van der Waals surface area contributed by atoms with Gasteiger partial charge in [0.05, 0.1) is 18.6 Å². The van der Waals surface area contributed by atoms with Crippen molar-refractivity contribution in [2.24, 2.45) is 15.7 Å². The summed E-state index contributed by atoms with van der Waals surface area (Å²) in [5, 5.41) is 8.12. The topological polar surface area (TPSA) is 147 Å². The Morgan fingerprint density at radius 3 is 2.56 bits per heavy atom. The van der Waals surface area contributed by atoms with E-state index in [-0.39, 0.29) is 24.9 Å². The van der Waals surface area contributed by atoms with Crippen LogP contribution in [0.15, 0.2) is 58.5 Å². The van der Waals surface area contributed by atoms with Crippen molar-refractivity contribution in [3.05, 3.63) is 59.7 Å². The van der Waals surface area contributed by atoms with Crippen molar-refractivity contribution in [3.63, 3.8) is 0 Å². The fourth-order valence-corrected chi connectivity index (χ4v) is 2.91. The van der Waals surface area contributed by atoms with E-state index in [1.54, 1.807) is 31.2 Å². The van der Waals surface area contributed by atoms with Gasteiger partial charge in [-0.05, 0) is 49.7 Å². The van der Waals surface area contributed by atoms with E-state index in [2.05, 4.69) is 25.9 Å². The molecule has 10 nitrogen and oxygen atoms in total. The van der Waals surface area contributed by atoms with Gasteiger partial charge in [0.15, 0.2) is 0 Å². The van der Waals surface area contributed by atoms with Crippen molar-refractivity contribution in [3.8, 4) is 0 Å². The molecule has 10 heteroatoms. The molecule has 1 heterocycles. The van der Waals surface area contributed by atoms with Gasteiger partial charge in [0.2, 0.25) is 17.8 Å². The van der Waals surface area contributed by atoms with Gasteiger partial charge in [0, 0.05) is 11.4 Å². The number of rotatable bonds is 6. The van der Waals surface area contributed by atoms with Crippen LogP contribution in [-0.2, 0) is 14.3 Å². The molecule has 0 spiro atoms. The fraction of sp³-hybridized carbons (Fsp3) is 0.227. The van der Waals surface area contributed by atoms with Crippen molar-refractivity contribution >= 4 is 41.1 Å². The maximum absolute atomic E-state index is 12.3. The van der Waals surface area contributed by atoms with Crippen LogP contribution in [0, 0.1) is 6.92 Å². The zero-order valence-electron chi connectivity index (χ0n) is 17.7. The summed E-state index contributed by atoms with van der Waals surface area (Å²) in [6, 6.07) is 12.9. The third kappa shape index (κ3) is 5.91. The minimum Gasteiger partial charge on any atom is -0.462 e. The summed E-state index contributed by atoms with van der Waals surface area (Å²) in [6.07, 6.45) is -0.171. The molecule has 1 aliphatic rings. The van der Waals surface area contributed by atoms with Gasteiger partial charge in [-0.2, -0.15) is 4.99 Å². The SMILES string of the molecule is CCOC(=O)c1ccc(NC(=O)CC2N=C(/N=C(\N)Nc3ccccc3C)NC2=O)cc1. The molecule has 2 amide bonds. The Morgan fingerprint density at radius 2 is 1.88 bits per heavy atom. The summed E-state index contributed by atoms with van der Waals surface area (Å²) in [5.74, 6) is -1.20. The number of benzene rings is 2. The number of nitrogens with two attached hydrogens (primary N) is 1. The highest BCUT2D eigenvalue weighted by Gasteiger charge is 2.28. The molecular weight excluding hydrogens is 412 g/mol. The zero-order valence-corrected chi connectivity index (χ0v) is 17.7. The monoisotopic (exact) mass is 436 g/mol. The van der Waals surface area contributed by atoms with Crippen molar-refractivity contribution in [2.45, 2.75) is 26.3 Å².